The molecule has 2 heteroatoms. The van der Waals surface area contributed by atoms with E-state index in [1.807, 2.05) is 37.3 Å². The highest BCUT2D eigenvalue weighted by molar-refractivity contribution is 5.83. The van der Waals surface area contributed by atoms with Crippen molar-refractivity contribution >= 4 is 5.78 Å². The first kappa shape index (κ1) is 10.4. The van der Waals surface area contributed by atoms with Crippen LogP contribution in [-0.2, 0) is 4.79 Å². The molecule has 2 nitrogen and oxygen atoms in total. The third-order valence-electron chi connectivity index (χ3n) is 3.30. The molecule has 1 aliphatic rings. The van der Waals surface area contributed by atoms with Gasteiger partial charge in [0, 0.05) is 12.3 Å². The molecule has 0 spiro atoms. The Morgan fingerprint density at radius 2 is 1.93 bits per heavy atom. The number of carbonyl (C=O) groups is 1. The zero-order valence-corrected chi connectivity index (χ0v) is 8.89. The average molecular weight is 204 g/mol. The molecule has 0 radical (unpaired) electrons. The van der Waals surface area contributed by atoms with Gasteiger partial charge in [0.1, 0.15) is 5.78 Å². The minimum absolute atomic E-state index is 0.0378. The summed E-state index contributed by atoms with van der Waals surface area (Å²) in [6.45, 7) is 1.96. The van der Waals surface area contributed by atoms with Gasteiger partial charge < -0.3 is 5.11 Å². The standard InChI is InChI=1S/C13H16O2/c1-9-12(7-11(14)8-13(9)15)10-5-3-2-4-6-10/h2-6,9,11-12,14H,7-8H2,1H3/t9-,11+,12+/m0/s1. The summed E-state index contributed by atoms with van der Waals surface area (Å²) in [5, 5.41) is 9.61. The fourth-order valence-corrected chi connectivity index (χ4v) is 2.35. The maximum atomic E-state index is 11.6. The molecule has 0 amide bonds. The number of aliphatic hydroxyl groups is 1. The first-order valence-electron chi connectivity index (χ1n) is 5.44. The molecule has 3 atom stereocenters. The molecule has 0 heterocycles. The SMILES string of the molecule is C[C@@H]1C(=O)C[C@H](O)C[C@H]1c1ccccc1. The van der Waals surface area contributed by atoms with Crippen LogP contribution in [-0.4, -0.2) is 17.0 Å². The van der Waals surface area contributed by atoms with Crippen LogP contribution >= 0.6 is 0 Å². The van der Waals surface area contributed by atoms with E-state index >= 15 is 0 Å². The summed E-state index contributed by atoms with van der Waals surface area (Å²) < 4.78 is 0. The minimum atomic E-state index is -0.459. The lowest BCUT2D eigenvalue weighted by atomic mass is 9.74. The van der Waals surface area contributed by atoms with Crippen LogP contribution in [0.1, 0.15) is 31.2 Å². The van der Waals surface area contributed by atoms with Crippen LogP contribution in [0.15, 0.2) is 30.3 Å². The Morgan fingerprint density at radius 3 is 2.60 bits per heavy atom. The van der Waals surface area contributed by atoms with E-state index in [-0.39, 0.29) is 17.6 Å². The van der Waals surface area contributed by atoms with Crippen LogP contribution in [0.5, 0.6) is 0 Å². The van der Waals surface area contributed by atoms with Crippen LogP contribution in [0.25, 0.3) is 0 Å². The Bertz CT molecular complexity index is 345. The molecule has 80 valence electrons. The van der Waals surface area contributed by atoms with Crippen molar-refractivity contribution in [3.63, 3.8) is 0 Å². The molecule has 1 N–H and O–H groups in total. The predicted molar refractivity (Wildman–Crippen MR) is 58.6 cm³/mol. The van der Waals surface area contributed by atoms with Gasteiger partial charge >= 0.3 is 0 Å². The van der Waals surface area contributed by atoms with Crippen molar-refractivity contribution in [2.24, 2.45) is 5.92 Å². The zero-order chi connectivity index (χ0) is 10.8. The van der Waals surface area contributed by atoms with Gasteiger partial charge in [-0.05, 0) is 17.9 Å². The van der Waals surface area contributed by atoms with Crippen molar-refractivity contribution in [3.05, 3.63) is 35.9 Å². The number of carbonyl (C=O) groups excluding carboxylic acids is 1. The van der Waals surface area contributed by atoms with Gasteiger partial charge in [-0.15, -0.1) is 0 Å². The third-order valence-corrected chi connectivity index (χ3v) is 3.30. The summed E-state index contributed by atoms with van der Waals surface area (Å²) in [5.41, 5.74) is 1.16. The van der Waals surface area contributed by atoms with Gasteiger partial charge in [0.2, 0.25) is 0 Å². The molecule has 0 bridgehead atoms. The molecule has 1 aromatic carbocycles. The Kier molecular flexibility index (Phi) is 2.87. The van der Waals surface area contributed by atoms with Crippen molar-refractivity contribution in [3.8, 4) is 0 Å². The Balaban J connectivity index is 2.24. The molecule has 0 aliphatic heterocycles. The fourth-order valence-electron chi connectivity index (χ4n) is 2.35. The van der Waals surface area contributed by atoms with E-state index in [2.05, 4.69) is 0 Å². The van der Waals surface area contributed by atoms with Gasteiger partial charge in [0.15, 0.2) is 0 Å². The second kappa shape index (κ2) is 4.15. The topological polar surface area (TPSA) is 37.3 Å². The summed E-state index contributed by atoms with van der Waals surface area (Å²) in [6.07, 6.45) is 0.570. The predicted octanol–water partition coefficient (Wildman–Crippen LogP) is 2.13. The van der Waals surface area contributed by atoms with Crippen molar-refractivity contribution in [2.45, 2.75) is 31.8 Å². The minimum Gasteiger partial charge on any atom is -0.393 e. The summed E-state index contributed by atoms with van der Waals surface area (Å²) in [4.78, 5) is 11.6. The molecular formula is C13H16O2. The Hall–Kier alpha value is -1.15. The highest BCUT2D eigenvalue weighted by atomic mass is 16.3. The summed E-state index contributed by atoms with van der Waals surface area (Å²) in [6, 6.07) is 10.00. The number of Topliss-reactive ketones (excluding diaryl/α,β-unsaturated/α-hetero) is 1. The van der Waals surface area contributed by atoms with Crippen LogP contribution in [0.4, 0.5) is 0 Å². The molecule has 1 fully saturated rings. The van der Waals surface area contributed by atoms with E-state index in [4.69, 9.17) is 0 Å². The molecule has 1 aliphatic carbocycles. The van der Waals surface area contributed by atoms with Gasteiger partial charge in [-0.3, -0.25) is 4.79 Å². The smallest absolute Gasteiger partial charge is 0.138 e. The lowest BCUT2D eigenvalue weighted by Gasteiger charge is -2.31. The van der Waals surface area contributed by atoms with E-state index in [9.17, 15) is 9.90 Å². The molecule has 15 heavy (non-hydrogen) atoms. The van der Waals surface area contributed by atoms with Crippen molar-refractivity contribution in [1.29, 1.82) is 0 Å². The number of aliphatic hydroxyl groups excluding tert-OH is 1. The van der Waals surface area contributed by atoms with Crippen LogP contribution in [0.2, 0.25) is 0 Å². The quantitative estimate of drug-likeness (QED) is 0.761. The van der Waals surface area contributed by atoms with Crippen LogP contribution in [0, 0.1) is 5.92 Å². The largest absolute Gasteiger partial charge is 0.393 e. The maximum Gasteiger partial charge on any atom is 0.138 e. The Morgan fingerprint density at radius 1 is 1.27 bits per heavy atom. The second-order valence-electron chi connectivity index (χ2n) is 4.37. The summed E-state index contributed by atoms with van der Waals surface area (Å²) >= 11 is 0. The maximum absolute atomic E-state index is 11.6. The lowest BCUT2D eigenvalue weighted by Crippen LogP contribution is -2.32. The van der Waals surface area contributed by atoms with Gasteiger partial charge in [0.25, 0.3) is 0 Å². The lowest BCUT2D eigenvalue weighted by molar-refractivity contribution is -0.128. The van der Waals surface area contributed by atoms with Gasteiger partial charge in [-0.25, -0.2) is 0 Å². The average Bonchev–Trinajstić information content (AvgIpc) is 2.24. The monoisotopic (exact) mass is 204 g/mol. The number of ketones is 1. The van der Waals surface area contributed by atoms with Crippen molar-refractivity contribution in [1.82, 2.24) is 0 Å². The van der Waals surface area contributed by atoms with Crippen molar-refractivity contribution in [2.75, 3.05) is 0 Å². The number of hydrogen-bond donors (Lipinski definition) is 1. The van der Waals surface area contributed by atoms with Crippen LogP contribution < -0.4 is 0 Å². The first-order valence-corrected chi connectivity index (χ1v) is 5.44. The van der Waals surface area contributed by atoms with Gasteiger partial charge in [-0.2, -0.15) is 0 Å². The number of benzene rings is 1. The number of rotatable bonds is 1. The van der Waals surface area contributed by atoms with E-state index in [1.165, 1.54) is 0 Å². The molecule has 1 saturated carbocycles. The molecule has 1 aromatic rings. The highest BCUT2D eigenvalue weighted by Gasteiger charge is 2.33. The van der Waals surface area contributed by atoms with Crippen LogP contribution in [0.3, 0.4) is 0 Å². The molecule has 0 unspecified atom stereocenters. The van der Waals surface area contributed by atoms with E-state index < -0.39 is 6.10 Å². The summed E-state index contributed by atoms with van der Waals surface area (Å²) in [7, 11) is 0. The molecule has 0 saturated heterocycles. The van der Waals surface area contributed by atoms with E-state index in [0.29, 0.717) is 12.8 Å². The highest BCUT2D eigenvalue weighted by Crippen LogP contribution is 2.35. The zero-order valence-electron chi connectivity index (χ0n) is 8.89. The molecule has 0 aromatic heterocycles. The van der Waals surface area contributed by atoms with Crippen molar-refractivity contribution < 1.29 is 9.90 Å². The normalized spacial score (nSPS) is 31.6. The Labute approximate surface area is 89.9 Å². The third kappa shape index (κ3) is 2.10. The second-order valence-corrected chi connectivity index (χ2v) is 4.37. The van der Waals surface area contributed by atoms with E-state index in [1.54, 1.807) is 0 Å². The molecule has 2 rings (SSSR count). The fraction of sp³-hybridized carbons (Fsp3) is 0.462. The molecular weight excluding hydrogens is 188 g/mol. The first-order chi connectivity index (χ1) is 7.18. The van der Waals surface area contributed by atoms with E-state index in [0.717, 1.165) is 5.56 Å². The van der Waals surface area contributed by atoms with Gasteiger partial charge in [-0.1, -0.05) is 37.3 Å². The van der Waals surface area contributed by atoms with Gasteiger partial charge in [0.05, 0.1) is 6.10 Å². The number of hydrogen-bond acceptors (Lipinski definition) is 2. The summed E-state index contributed by atoms with van der Waals surface area (Å²) in [5.74, 6) is 0.404.